The molecule has 0 radical (unpaired) electrons. The van der Waals surface area contributed by atoms with E-state index < -0.39 is 0 Å². The van der Waals surface area contributed by atoms with Crippen LogP contribution in [-0.2, 0) is 12.1 Å². The van der Waals surface area contributed by atoms with Gasteiger partial charge in [0.05, 0.1) is 17.8 Å². The molecule has 5 rings (SSSR count). The number of nitrogens with zero attached hydrogens (tertiary/aromatic N) is 3. The zero-order valence-corrected chi connectivity index (χ0v) is 16.9. The minimum Gasteiger partial charge on any atom is -0.335 e. The van der Waals surface area contributed by atoms with Gasteiger partial charge in [-0.2, -0.15) is 0 Å². The molecule has 0 aliphatic carbocycles. The summed E-state index contributed by atoms with van der Waals surface area (Å²) in [4.78, 5) is 11.9. The molecular formula is C21H20N4S2. The van der Waals surface area contributed by atoms with Crippen molar-refractivity contribution in [2.24, 2.45) is 9.98 Å². The monoisotopic (exact) mass is 392 g/mol. The number of anilines is 1. The minimum atomic E-state index is -0.113. The summed E-state index contributed by atoms with van der Waals surface area (Å²) in [5.74, 6) is 0.867. The van der Waals surface area contributed by atoms with Gasteiger partial charge in [-0.05, 0) is 37.0 Å². The van der Waals surface area contributed by atoms with Gasteiger partial charge < -0.3 is 10.2 Å². The highest BCUT2D eigenvalue weighted by molar-refractivity contribution is 8.17. The Morgan fingerprint density at radius 3 is 2.89 bits per heavy atom. The van der Waals surface area contributed by atoms with Crippen LogP contribution in [0.3, 0.4) is 0 Å². The molecule has 3 aliphatic rings. The summed E-state index contributed by atoms with van der Waals surface area (Å²) in [6.45, 7) is 5.30. The third kappa shape index (κ3) is 2.87. The Labute approximate surface area is 167 Å². The van der Waals surface area contributed by atoms with Gasteiger partial charge in [-0.25, -0.2) is 4.99 Å². The van der Waals surface area contributed by atoms with E-state index in [0.717, 1.165) is 28.3 Å². The first-order chi connectivity index (χ1) is 13.1. The van der Waals surface area contributed by atoms with E-state index in [4.69, 9.17) is 9.98 Å². The third-order valence-corrected chi connectivity index (χ3v) is 6.95. The van der Waals surface area contributed by atoms with Crippen LogP contribution in [-0.4, -0.2) is 21.0 Å². The fourth-order valence-electron chi connectivity index (χ4n) is 3.75. The van der Waals surface area contributed by atoms with Crippen LogP contribution in [0.1, 0.15) is 25.0 Å². The summed E-state index contributed by atoms with van der Waals surface area (Å²) in [5.41, 5.74) is 5.94. The molecule has 2 aromatic carbocycles. The third-order valence-electron chi connectivity index (χ3n) is 5.13. The summed E-state index contributed by atoms with van der Waals surface area (Å²) >= 11 is 3.47. The van der Waals surface area contributed by atoms with Crippen molar-refractivity contribution in [1.29, 1.82) is 0 Å². The van der Waals surface area contributed by atoms with Crippen LogP contribution < -0.4 is 5.32 Å². The molecule has 3 heterocycles. The van der Waals surface area contributed by atoms with Crippen LogP contribution >= 0.6 is 23.5 Å². The van der Waals surface area contributed by atoms with E-state index in [1.807, 2.05) is 0 Å². The molecule has 136 valence electrons. The quantitative estimate of drug-likeness (QED) is 0.730. The number of aliphatic imine (C=N–C) groups is 2. The van der Waals surface area contributed by atoms with E-state index in [2.05, 4.69) is 78.0 Å². The summed E-state index contributed by atoms with van der Waals surface area (Å²) in [6.07, 6.45) is 0. The van der Waals surface area contributed by atoms with Gasteiger partial charge in [0.2, 0.25) is 0 Å². The largest absolute Gasteiger partial charge is 0.335 e. The van der Waals surface area contributed by atoms with E-state index in [1.54, 1.807) is 23.5 Å². The first-order valence-electron chi connectivity index (χ1n) is 8.99. The van der Waals surface area contributed by atoms with Gasteiger partial charge >= 0.3 is 0 Å². The molecule has 0 bridgehead atoms. The Kier molecular flexibility index (Phi) is 4.06. The van der Waals surface area contributed by atoms with Crippen molar-refractivity contribution in [3.63, 3.8) is 0 Å². The standard InChI is InChI=1S/C21H20N4S2/c1-21(2)16-8-4-6-10-18(16)24-20-25(21)15(13-27-20)12-26-19-22-11-14-7-3-5-9-17(14)23-19/h3-10,13H,11-12H2,1-2H3,(H,22,23). The lowest BCUT2D eigenvalue weighted by Crippen LogP contribution is -2.44. The number of para-hydroxylation sites is 2. The number of rotatable bonds is 2. The number of hydrogen-bond donors (Lipinski definition) is 1. The van der Waals surface area contributed by atoms with E-state index in [-0.39, 0.29) is 5.54 Å². The average molecular weight is 393 g/mol. The lowest BCUT2D eigenvalue weighted by Gasteiger charge is -2.42. The lowest BCUT2D eigenvalue weighted by atomic mass is 9.89. The summed E-state index contributed by atoms with van der Waals surface area (Å²) in [5, 5.41) is 7.75. The highest BCUT2D eigenvalue weighted by atomic mass is 32.2. The second-order valence-electron chi connectivity index (χ2n) is 7.23. The topological polar surface area (TPSA) is 40.0 Å². The van der Waals surface area contributed by atoms with Crippen LogP contribution in [0, 0.1) is 0 Å². The average Bonchev–Trinajstić information content (AvgIpc) is 3.10. The molecule has 0 aromatic heterocycles. The van der Waals surface area contributed by atoms with E-state index in [9.17, 15) is 0 Å². The molecule has 3 aliphatic heterocycles. The minimum absolute atomic E-state index is 0.113. The molecule has 6 heteroatoms. The van der Waals surface area contributed by atoms with Crippen LogP contribution in [0.15, 0.2) is 69.6 Å². The Morgan fingerprint density at radius 1 is 1.15 bits per heavy atom. The smallest absolute Gasteiger partial charge is 0.173 e. The number of benzene rings is 2. The van der Waals surface area contributed by atoms with Gasteiger partial charge in [0.25, 0.3) is 0 Å². The number of thioether (sulfide) groups is 2. The molecule has 0 amide bonds. The van der Waals surface area contributed by atoms with E-state index in [0.29, 0.717) is 0 Å². The van der Waals surface area contributed by atoms with Gasteiger partial charge in [-0.15, -0.1) is 0 Å². The maximum Gasteiger partial charge on any atom is 0.173 e. The normalized spacial score (nSPS) is 19.2. The first kappa shape index (κ1) is 17.0. The zero-order chi connectivity index (χ0) is 18.4. The summed E-state index contributed by atoms with van der Waals surface area (Å²) in [7, 11) is 0. The van der Waals surface area contributed by atoms with Crippen molar-refractivity contribution in [2.75, 3.05) is 11.1 Å². The Balaban J connectivity index is 1.34. The second kappa shape index (κ2) is 6.46. The van der Waals surface area contributed by atoms with Gasteiger partial charge in [-0.3, -0.25) is 4.99 Å². The van der Waals surface area contributed by atoms with Gasteiger partial charge in [0.1, 0.15) is 0 Å². The van der Waals surface area contributed by atoms with Crippen molar-refractivity contribution in [3.05, 3.63) is 70.8 Å². The molecule has 0 fully saturated rings. The van der Waals surface area contributed by atoms with Gasteiger partial charge in [0, 0.05) is 22.7 Å². The molecule has 0 atom stereocenters. The highest BCUT2D eigenvalue weighted by Crippen LogP contribution is 2.47. The number of hydrogen-bond acceptors (Lipinski definition) is 6. The Bertz CT molecular complexity index is 1010. The molecule has 0 spiro atoms. The molecule has 2 aromatic rings. The van der Waals surface area contributed by atoms with Crippen molar-refractivity contribution >= 4 is 45.2 Å². The van der Waals surface area contributed by atoms with E-state index >= 15 is 0 Å². The fourth-order valence-corrected chi connectivity index (χ4v) is 5.72. The number of amidine groups is 2. The highest BCUT2D eigenvalue weighted by Gasteiger charge is 2.41. The summed E-state index contributed by atoms with van der Waals surface area (Å²) < 4.78 is 0. The van der Waals surface area contributed by atoms with Crippen molar-refractivity contribution < 1.29 is 0 Å². The molecule has 4 nitrogen and oxygen atoms in total. The first-order valence-corrected chi connectivity index (χ1v) is 10.9. The SMILES string of the molecule is CC1(C)c2ccccc2N=C2SC=C(CSC3=NCc4ccccc4N3)N21. The number of nitrogens with one attached hydrogen (secondary N) is 1. The van der Waals surface area contributed by atoms with Crippen molar-refractivity contribution in [3.8, 4) is 0 Å². The lowest BCUT2D eigenvalue weighted by molar-refractivity contribution is 0.272. The summed E-state index contributed by atoms with van der Waals surface area (Å²) in [6, 6.07) is 16.8. The maximum absolute atomic E-state index is 4.88. The number of fused-ring (bicyclic) bond motifs is 3. The Hall–Kier alpha value is -2.18. The predicted octanol–water partition coefficient (Wildman–Crippen LogP) is 5.53. The molecular weight excluding hydrogens is 372 g/mol. The van der Waals surface area contributed by atoms with Crippen molar-refractivity contribution in [1.82, 2.24) is 4.90 Å². The van der Waals surface area contributed by atoms with Crippen molar-refractivity contribution in [2.45, 2.75) is 25.9 Å². The molecule has 0 unspecified atom stereocenters. The molecule has 1 N–H and O–H groups in total. The fraction of sp³-hybridized carbons (Fsp3) is 0.238. The van der Waals surface area contributed by atoms with Crippen LogP contribution in [0.2, 0.25) is 0 Å². The second-order valence-corrected chi connectivity index (χ2v) is 9.03. The molecule has 0 saturated carbocycles. The predicted molar refractivity (Wildman–Crippen MR) is 118 cm³/mol. The van der Waals surface area contributed by atoms with Gasteiger partial charge in [-0.1, -0.05) is 59.9 Å². The van der Waals surface area contributed by atoms with Gasteiger partial charge in [0.15, 0.2) is 10.3 Å². The van der Waals surface area contributed by atoms with Crippen LogP contribution in [0.25, 0.3) is 0 Å². The van der Waals surface area contributed by atoms with Crippen LogP contribution in [0.5, 0.6) is 0 Å². The Morgan fingerprint density at radius 2 is 1.96 bits per heavy atom. The maximum atomic E-state index is 4.88. The zero-order valence-electron chi connectivity index (χ0n) is 15.3. The van der Waals surface area contributed by atoms with E-state index in [1.165, 1.54) is 22.5 Å². The molecule has 27 heavy (non-hydrogen) atoms. The van der Waals surface area contributed by atoms with Crippen LogP contribution in [0.4, 0.5) is 11.4 Å². The molecule has 0 saturated heterocycles.